The molecule has 2 N–H and O–H groups in total. The van der Waals surface area contributed by atoms with Gasteiger partial charge in [0.2, 0.25) is 0 Å². The Hall–Kier alpha value is -2.70. The average Bonchev–Trinajstić information content (AvgIpc) is 3.02. The van der Waals surface area contributed by atoms with Gasteiger partial charge in [-0.3, -0.25) is 9.59 Å². The Morgan fingerprint density at radius 2 is 1.75 bits per heavy atom. The zero-order valence-electron chi connectivity index (χ0n) is 15.3. The third-order valence-electron chi connectivity index (χ3n) is 4.20. The topological polar surface area (TPSA) is 58.2 Å². The van der Waals surface area contributed by atoms with Crippen LogP contribution in [0.15, 0.2) is 54.6 Å². The average molecular weight is 417 g/mol. The van der Waals surface area contributed by atoms with Gasteiger partial charge in [0.25, 0.3) is 11.8 Å². The molecule has 0 radical (unpaired) electrons. The molecule has 144 valence electrons. The van der Waals surface area contributed by atoms with Gasteiger partial charge >= 0.3 is 0 Å². The molecule has 0 saturated heterocycles. The lowest BCUT2D eigenvalue weighted by molar-refractivity contribution is 0.0942. The van der Waals surface area contributed by atoms with E-state index in [1.807, 2.05) is 6.92 Å². The fourth-order valence-electron chi connectivity index (χ4n) is 2.69. The SMILES string of the molecule is Cc1cc(NC(=O)c2ccccc2Cl)sc1C(=O)N[C@H](C)c1ccc(F)cc1. The molecule has 3 aromatic rings. The number of nitrogens with one attached hydrogen (secondary N) is 2. The Morgan fingerprint density at radius 3 is 2.43 bits per heavy atom. The van der Waals surface area contributed by atoms with Gasteiger partial charge in [-0.2, -0.15) is 0 Å². The smallest absolute Gasteiger partial charge is 0.262 e. The van der Waals surface area contributed by atoms with E-state index in [9.17, 15) is 14.0 Å². The minimum absolute atomic E-state index is 0.252. The molecule has 3 rings (SSSR count). The molecule has 0 spiro atoms. The van der Waals surface area contributed by atoms with Crippen LogP contribution in [0.3, 0.4) is 0 Å². The van der Waals surface area contributed by atoms with E-state index in [2.05, 4.69) is 10.6 Å². The van der Waals surface area contributed by atoms with Crippen molar-refractivity contribution in [2.75, 3.05) is 5.32 Å². The lowest BCUT2D eigenvalue weighted by Gasteiger charge is -2.14. The van der Waals surface area contributed by atoms with Crippen LogP contribution in [0.1, 0.15) is 44.1 Å². The highest BCUT2D eigenvalue weighted by molar-refractivity contribution is 7.18. The number of hydrogen-bond acceptors (Lipinski definition) is 3. The number of carbonyl (C=O) groups excluding carboxylic acids is 2. The fourth-order valence-corrected chi connectivity index (χ4v) is 3.88. The number of hydrogen-bond donors (Lipinski definition) is 2. The van der Waals surface area contributed by atoms with Crippen molar-refractivity contribution in [3.05, 3.63) is 87.0 Å². The third-order valence-corrected chi connectivity index (χ3v) is 5.68. The van der Waals surface area contributed by atoms with Crippen molar-refractivity contribution in [3.8, 4) is 0 Å². The van der Waals surface area contributed by atoms with Gasteiger partial charge in [-0.25, -0.2) is 4.39 Å². The predicted molar refractivity (Wildman–Crippen MR) is 111 cm³/mol. The van der Waals surface area contributed by atoms with Gasteiger partial charge in [-0.1, -0.05) is 35.9 Å². The first-order valence-electron chi connectivity index (χ1n) is 8.58. The van der Waals surface area contributed by atoms with Crippen LogP contribution in [-0.2, 0) is 0 Å². The van der Waals surface area contributed by atoms with E-state index in [0.29, 0.717) is 20.5 Å². The zero-order chi connectivity index (χ0) is 20.3. The lowest BCUT2D eigenvalue weighted by Crippen LogP contribution is -2.26. The highest BCUT2D eigenvalue weighted by Gasteiger charge is 2.18. The molecule has 0 unspecified atom stereocenters. The van der Waals surface area contributed by atoms with Gasteiger partial charge in [-0.15, -0.1) is 11.3 Å². The van der Waals surface area contributed by atoms with E-state index in [0.717, 1.165) is 11.1 Å². The van der Waals surface area contributed by atoms with Crippen LogP contribution in [0.4, 0.5) is 9.39 Å². The van der Waals surface area contributed by atoms with Gasteiger partial charge in [0, 0.05) is 0 Å². The normalized spacial score (nSPS) is 11.7. The summed E-state index contributed by atoms with van der Waals surface area (Å²) in [6.45, 7) is 3.63. The summed E-state index contributed by atoms with van der Waals surface area (Å²) in [6, 6.07) is 14.2. The summed E-state index contributed by atoms with van der Waals surface area (Å²) < 4.78 is 13.1. The first-order chi connectivity index (χ1) is 13.3. The van der Waals surface area contributed by atoms with Crippen molar-refractivity contribution < 1.29 is 14.0 Å². The Morgan fingerprint density at radius 1 is 1.07 bits per heavy atom. The Bertz CT molecular complexity index is 1020. The minimum atomic E-state index is -0.335. The second kappa shape index (κ2) is 8.54. The number of thiophene rings is 1. The van der Waals surface area contributed by atoms with Crippen LogP contribution < -0.4 is 10.6 Å². The van der Waals surface area contributed by atoms with Crippen molar-refractivity contribution in [2.24, 2.45) is 0 Å². The number of aryl methyl sites for hydroxylation is 1. The van der Waals surface area contributed by atoms with Crippen molar-refractivity contribution >= 4 is 39.8 Å². The van der Waals surface area contributed by atoms with Crippen molar-refractivity contribution in [1.29, 1.82) is 0 Å². The summed E-state index contributed by atoms with van der Waals surface area (Å²) in [5.74, 6) is -0.911. The molecule has 4 nitrogen and oxygen atoms in total. The minimum Gasteiger partial charge on any atom is -0.345 e. The second-order valence-electron chi connectivity index (χ2n) is 6.30. The van der Waals surface area contributed by atoms with Gasteiger partial charge < -0.3 is 10.6 Å². The molecular weight excluding hydrogens is 399 g/mol. The number of carbonyl (C=O) groups is 2. The van der Waals surface area contributed by atoms with E-state index in [1.54, 1.807) is 49.4 Å². The molecule has 2 amide bonds. The highest BCUT2D eigenvalue weighted by Crippen LogP contribution is 2.28. The molecule has 0 saturated carbocycles. The maximum atomic E-state index is 13.1. The van der Waals surface area contributed by atoms with Crippen molar-refractivity contribution in [2.45, 2.75) is 19.9 Å². The number of rotatable bonds is 5. The first kappa shape index (κ1) is 20.0. The predicted octanol–water partition coefficient (Wildman–Crippen LogP) is 5.59. The number of anilines is 1. The zero-order valence-corrected chi connectivity index (χ0v) is 16.8. The van der Waals surface area contributed by atoms with Crippen LogP contribution in [0, 0.1) is 12.7 Å². The molecular formula is C21H18ClFN2O2S. The largest absolute Gasteiger partial charge is 0.345 e. The lowest BCUT2D eigenvalue weighted by atomic mass is 10.1. The van der Waals surface area contributed by atoms with E-state index in [1.165, 1.54) is 23.5 Å². The maximum absolute atomic E-state index is 13.1. The molecule has 0 aliphatic heterocycles. The molecule has 7 heteroatoms. The van der Waals surface area contributed by atoms with Crippen LogP contribution in [0.5, 0.6) is 0 Å². The summed E-state index contributed by atoms with van der Waals surface area (Å²) in [5, 5.41) is 6.59. The van der Waals surface area contributed by atoms with Crippen molar-refractivity contribution in [3.63, 3.8) is 0 Å². The third kappa shape index (κ3) is 4.58. The van der Waals surface area contributed by atoms with Gasteiger partial charge in [-0.05, 0) is 55.3 Å². The molecule has 0 aliphatic carbocycles. The van der Waals surface area contributed by atoms with E-state index >= 15 is 0 Å². The molecule has 0 bridgehead atoms. The van der Waals surface area contributed by atoms with E-state index in [4.69, 9.17) is 11.6 Å². The fraction of sp³-hybridized carbons (Fsp3) is 0.143. The molecule has 28 heavy (non-hydrogen) atoms. The highest BCUT2D eigenvalue weighted by atomic mass is 35.5. The van der Waals surface area contributed by atoms with Crippen LogP contribution in [-0.4, -0.2) is 11.8 Å². The Kier molecular flexibility index (Phi) is 6.11. The number of benzene rings is 2. The molecule has 2 aromatic carbocycles. The van der Waals surface area contributed by atoms with Gasteiger partial charge in [0.1, 0.15) is 5.82 Å². The Balaban J connectivity index is 1.71. The monoisotopic (exact) mass is 416 g/mol. The molecule has 1 atom stereocenters. The summed E-state index contributed by atoms with van der Waals surface area (Å²) in [7, 11) is 0. The summed E-state index contributed by atoms with van der Waals surface area (Å²) in [4.78, 5) is 25.5. The Labute approximate surface area is 171 Å². The second-order valence-corrected chi connectivity index (χ2v) is 7.76. The van der Waals surface area contributed by atoms with Gasteiger partial charge in [0.05, 0.1) is 26.5 Å². The quantitative estimate of drug-likeness (QED) is 0.569. The first-order valence-corrected chi connectivity index (χ1v) is 9.77. The van der Waals surface area contributed by atoms with Crippen LogP contribution >= 0.6 is 22.9 Å². The molecule has 1 aromatic heterocycles. The maximum Gasteiger partial charge on any atom is 0.262 e. The molecule has 1 heterocycles. The van der Waals surface area contributed by atoms with Crippen molar-refractivity contribution in [1.82, 2.24) is 5.32 Å². The van der Waals surface area contributed by atoms with Crippen LogP contribution in [0.25, 0.3) is 0 Å². The standard InChI is InChI=1S/C21H18ClFN2O2S/c1-12-11-18(25-20(26)16-5-3-4-6-17(16)22)28-19(12)21(27)24-13(2)14-7-9-15(23)10-8-14/h3-11,13H,1-2H3,(H,24,27)(H,25,26)/t13-/m1/s1. The summed E-state index contributed by atoms with van der Waals surface area (Å²) >= 11 is 7.24. The van der Waals surface area contributed by atoms with E-state index < -0.39 is 0 Å². The molecule has 0 fully saturated rings. The number of halogens is 2. The van der Waals surface area contributed by atoms with Crippen LogP contribution in [0.2, 0.25) is 5.02 Å². The van der Waals surface area contributed by atoms with E-state index in [-0.39, 0.29) is 23.7 Å². The summed E-state index contributed by atoms with van der Waals surface area (Å²) in [6.07, 6.45) is 0. The number of amides is 2. The summed E-state index contributed by atoms with van der Waals surface area (Å²) in [5.41, 5.74) is 1.92. The molecule has 0 aliphatic rings. The van der Waals surface area contributed by atoms with Gasteiger partial charge in [0.15, 0.2) is 0 Å².